The highest BCUT2D eigenvalue weighted by Gasteiger charge is 2.12. The molecule has 7 nitrogen and oxygen atoms in total. The van der Waals surface area contributed by atoms with Gasteiger partial charge < -0.3 is 20.5 Å². The minimum Gasteiger partial charge on any atom is -0.497 e. The first-order valence-electron chi connectivity index (χ1n) is 8.39. The summed E-state index contributed by atoms with van der Waals surface area (Å²) < 4.78 is 10.6. The molecule has 0 fully saturated rings. The number of nitrogens with zero attached hydrogens (tertiary/aromatic N) is 3. The van der Waals surface area contributed by atoms with Crippen molar-refractivity contribution in [1.29, 1.82) is 0 Å². The van der Waals surface area contributed by atoms with Gasteiger partial charge in [-0.05, 0) is 12.1 Å². The number of rotatable bonds is 6. The number of fused-ring (bicyclic) bond motifs is 1. The number of pyridine rings is 2. The monoisotopic (exact) mass is 397 g/mol. The largest absolute Gasteiger partial charge is 0.497 e. The van der Waals surface area contributed by atoms with E-state index in [1.165, 1.54) is 6.20 Å². The Morgan fingerprint density at radius 3 is 2.50 bits per heavy atom. The maximum atomic E-state index is 6.59. The Hall–Kier alpha value is -3.32. The third kappa shape index (κ3) is 3.99. The van der Waals surface area contributed by atoms with E-state index in [2.05, 4.69) is 20.3 Å². The Labute approximate surface area is 167 Å². The Balaban J connectivity index is 2.03. The second kappa shape index (κ2) is 8.58. The summed E-state index contributed by atoms with van der Waals surface area (Å²) in [5.41, 5.74) is 9.02. The number of benzene rings is 1. The van der Waals surface area contributed by atoms with Gasteiger partial charge in [0.2, 0.25) is 0 Å². The molecular formula is C20H20ClN5O2. The van der Waals surface area contributed by atoms with E-state index in [1.807, 2.05) is 24.3 Å². The zero-order valence-corrected chi connectivity index (χ0v) is 16.5. The SMILES string of the molecule is CN=CC(=CN)c1cnc2ccc(Nc3cc(OC)cc(OC)c3)nc2c1Cl. The molecule has 0 atom stereocenters. The van der Waals surface area contributed by atoms with Crippen molar-refractivity contribution in [1.82, 2.24) is 9.97 Å². The molecule has 0 aliphatic heterocycles. The summed E-state index contributed by atoms with van der Waals surface area (Å²) in [5.74, 6) is 1.94. The van der Waals surface area contributed by atoms with Crippen LogP contribution in [-0.4, -0.2) is 37.4 Å². The highest BCUT2D eigenvalue weighted by atomic mass is 35.5. The van der Waals surface area contributed by atoms with E-state index in [-0.39, 0.29) is 0 Å². The maximum Gasteiger partial charge on any atom is 0.131 e. The highest BCUT2D eigenvalue weighted by molar-refractivity contribution is 6.37. The van der Waals surface area contributed by atoms with Gasteiger partial charge in [0.05, 0.1) is 24.8 Å². The summed E-state index contributed by atoms with van der Waals surface area (Å²) in [7, 11) is 4.86. The van der Waals surface area contributed by atoms with Crippen molar-refractivity contribution < 1.29 is 9.47 Å². The normalized spacial score (nSPS) is 11.8. The third-order valence-electron chi connectivity index (χ3n) is 4.03. The van der Waals surface area contributed by atoms with Gasteiger partial charge in [-0.25, -0.2) is 4.98 Å². The van der Waals surface area contributed by atoms with Crippen molar-refractivity contribution in [2.75, 3.05) is 26.6 Å². The van der Waals surface area contributed by atoms with E-state index in [0.29, 0.717) is 44.5 Å². The third-order valence-corrected chi connectivity index (χ3v) is 4.42. The Kier molecular flexibility index (Phi) is 5.96. The summed E-state index contributed by atoms with van der Waals surface area (Å²) in [4.78, 5) is 13.0. The lowest BCUT2D eigenvalue weighted by atomic mass is 10.1. The first-order valence-corrected chi connectivity index (χ1v) is 8.77. The predicted molar refractivity (Wildman–Crippen MR) is 114 cm³/mol. The number of methoxy groups -OCH3 is 2. The van der Waals surface area contributed by atoms with Gasteiger partial charge in [0, 0.05) is 60.7 Å². The van der Waals surface area contributed by atoms with Gasteiger partial charge >= 0.3 is 0 Å². The van der Waals surface area contributed by atoms with Gasteiger partial charge in [0.25, 0.3) is 0 Å². The average molecular weight is 398 g/mol. The molecule has 8 heteroatoms. The second-order valence-corrected chi connectivity index (χ2v) is 6.16. The summed E-state index contributed by atoms with van der Waals surface area (Å²) in [6.07, 6.45) is 4.72. The zero-order chi connectivity index (χ0) is 20.1. The van der Waals surface area contributed by atoms with Crippen molar-refractivity contribution in [3.8, 4) is 11.5 Å². The number of hydrogen-bond acceptors (Lipinski definition) is 7. The van der Waals surface area contributed by atoms with Crippen molar-refractivity contribution in [3.05, 3.63) is 53.3 Å². The number of anilines is 2. The summed E-state index contributed by atoms with van der Waals surface area (Å²) in [5, 5.41) is 3.69. The molecule has 144 valence electrons. The molecule has 28 heavy (non-hydrogen) atoms. The minimum absolute atomic E-state index is 0.452. The lowest BCUT2D eigenvalue weighted by Gasteiger charge is -2.12. The van der Waals surface area contributed by atoms with Crippen molar-refractivity contribution in [2.45, 2.75) is 0 Å². The molecule has 0 bridgehead atoms. The molecule has 0 aliphatic carbocycles. The Morgan fingerprint density at radius 2 is 1.89 bits per heavy atom. The van der Waals surface area contributed by atoms with E-state index in [9.17, 15) is 0 Å². The van der Waals surface area contributed by atoms with E-state index < -0.39 is 0 Å². The maximum absolute atomic E-state index is 6.59. The van der Waals surface area contributed by atoms with Crippen LogP contribution in [0.5, 0.6) is 11.5 Å². The van der Waals surface area contributed by atoms with Crippen LogP contribution in [0.25, 0.3) is 16.6 Å². The molecule has 3 N–H and O–H groups in total. The van der Waals surface area contributed by atoms with Crippen molar-refractivity contribution in [3.63, 3.8) is 0 Å². The topological polar surface area (TPSA) is 94.7 Å². The molecule has 0 saturated carbocycles. The molecule has 0 spiro atoms. The highest BCUT2D eigenvalue weighted by Crippen LogP contribution is 2.31. The molecule has 2 heterocycles. The number of aromatic nitrogens is 2. The van der Waals surface area contributed by atoms with Crippen molar-refractivity contribution in [2.24, 2.45) is 10.7 Å². The quantitative estimate of drug-likeness (QED) is 0.609. The van der Waals surface area contributed by atoms with Gasteiger partial charge in [-0.1, -0.05) is 11.6 Å². The molecule has 3 rings (SSSR count). The van der Waals surface area contributed by atoms with Crippen LogP contribution < -0.4 is 20.5 Å². The molecule has 0 aliphatic rings. The molecule has 3 aromatic rings. The van der Waals surface area contributed by atoms with Crippen LogP contribution in [0.3, 0.4) is 0 Å². The van der Waals surface area contributed by atoms with Gasteiger partial charge in [-0.15, -0.1) is 0 Å². The number of nitrogens with one attached hydrogen (secondary N) is 1. The molecule has 0 saturated heterocycles. The number of halogens is 1. The predicted octanol–water partition coefficient (Wildman–Crippen LogP) is 4.04. The first kappa shape index (κ1) is 19.4. The van der Waals surface area contributed by atoms with E-state index in [0.717, 1.165) is 5.69 Å². The van der Waals surface area contributed by atoms with E-state index in [1.54, 1.807) is 39.7 Å². The standard InChI is InChI=1S/C20H20ClN5O2/c1-23-10-12(9-22)16-11-24-17-4-5-18(26-20(17)19(16)21)25-13-6-14(27-2)8-15(7-13)28-3/h4-11H,22H2,1-3H3,(H,25,26). The molecule has 1 aromatic carbocycles. The van der Waals surface area contributed by atoms with Crippen LogP contribution in [0.4, 0.5) is 11.5 Å². The summed E-state index contributed by atoms with van der Waals surface area (Å²) in [6.45, 7) is 0. The lowest BCUT2D eigenvalue weighted by molar-refractivity contribution is 0.395. The number of hydrogen-bond donors (Lipinski definition) is 2. The summed E-state index contributed by atoms with van der Waals surface area (Å²) in [6, 6.07) is 9.15. The first-order chi connectivity index (χ1) is 13.6. The average Bonchev–Trinajstić information content (AvgIpc) is 2.72. The van der Waals surface area contributed by atoms with Crippen LogP contribution in [0.15, 0.2) is 47.7 Å². The number of aliphatic imine (C=N–C) groups is 1. The second-order valence-electron chi connectivity index (χ2n) is 5.79. The smallest absolute Gasteiger partial charge is 0.131 e. The van der Waals surface area contributed by atoms with Gasteiger partial charge in [-0.3, -0.25) is 9.98 Å². The molecule has 0 unspecified atom stereocenters. The summed E-state index contributed by atoms with van der Waals surface area (Å²) >= 11 is 6.59. The Morgan fingerprint density at radius 1 is 1.18 bits per heavy atom. The van der Waals surface area contributed by atoms with Crippen LogP contribution in [-0.2, 0) is 0 Å². The fourth-order valence-corrected chi connectivity index (χ4v) is 2.97. The fraction of sp³-hybridized carbons (Fsp3) is 0.150. The Bertz CT molecular complexity index is 1040. The lowest BCUT2D eigenvalue weighted by Crippen LogP contribution is -1.99. The minimum atomic E-state index is 0.452. The van der Waals surface area contributed by atoms with Gasteiger partial charge in [-0.2, -0.15) is 0 Å². The number of ether oxygens (including phenoxy) is 2. The van der Waals surface area contributed by atoms with Gasteiger partial charge in [0.15, 0.2) is 0 Å². The van der Waals surface area contributed by atoms with Crippen LogP contribution in [0.1, 0.15) is 5.56 Å². The number of allylic oxidation sites excluding steroid dienone is 1. The zero-order valence-electron chi connectivity index (χ0n) is 15.7. The molecule has 2 aromatic heterocycles. The van der Waals surface area contributed by atoms with Crippen molar-refractivity contribution >= 4 is 45.9 Å². The number of nitrogens with two attached hydrogens (primary N) is 1. The molecule has 0 radical (unpaired) electrons. The molecular weight excluding hydrogens is 378 g/mol. The van der Waals surface area contributed by atoms with Gasteiger partial charge in [0.1, 0.15) is 22.8 Å². The van der Waals surface area contributed by atoms with Crippen LogP contribution in [0, 0.1) is 0 Å². The van der Waals surface area contributed by atoms with Crippen LogP contribution in [0.2, 0.25) is 5.02 Å². The van der Waals surface area contributed by atoms with E-state index in [4.69, 9.17) is 26.8 Å². The fourth-order valence-electron chi connectivity index (χ4n) is 2.68. The molecule has 0 amide bonds. The van der Waals surface area contributed by atoms with E-state index >= 15 is 0 Å². The van der Waals surface area contributed by atoms with Crippen LogP contribution >= 0.6 is 11.6 Å².